The molecule has 0 fully saturated rings. The van der Waals surface area contributed by atoms with Crippen LogP contribution < -0.4 is 0 Å². The molecule has 8 heavy (non-hydrogen) atoms. The highest BCUT2D eigenvalue weighted by Crippen LogP contribution is 1.83. The molecule has 0 unspecified atom stereocenters. The average Bonchev–Trinajstić information content (AvgIpc) is 1.67. The first kappa shape index (κ1) is 7.81. The summed E-state index contributed by atoms with van der Waals surface area (Å²) in [5.74, 6) is 0. The second-order valence-electron chi connectivity index (χ2n) is 1.56. The summed E-state index contributed by atoms with van der Waals surface area (Å²) in [6.07, 6.45) is 0. The van der Waals surface area contributed by atoms with E-state index in [0.717, 1.165) is 5.17 Å². The van der Waals surface area contributed by atoms with E-state index < -0.39 is 6.67 Å². The molecule has 0 aliphatic heterocycles. The summed E-state index contributed by atoms with van der Waals surface area (Å²) >= 11 is 0. The Kier molecular flexibility index (Phi) is 3.68. The lowest BCUT2D eigenvalue weighted by atomic mass is 10.7. The predicted octanol–water partition coefficient (Wildman–Crippen LogP) is 0.124. The molecule has 0 heterocycles. The van der Waals surface area contributed by atoms with Gasteiger partial charge in [-0.1, -0.05) is 0 Å². The topological polar surface area (TPSA) is 26.7 Å². The highest BCUT2D eigenvalue weighted by Gasteiger charge is 1.98. The molecular formula is C4H11FN2O. The molecule has 0 aromatic heterocycles. The molecule has 0 aromatic rings. The van der Waals surface area contributed by atoms with Gasteiger partial charge < -0.3 is 0 Å². The zero-order valence-corrected chi connectivity index (χ0v) is 5.13. The van der Waals surface area contributed by atoms with Crippen LogP contribution in [-0.2, 0) is 0 Å². The van der Waals surface area contributed by atoms with Crippen LogP contribution in [0.2, 0.25) is 0 Å². The standard InChI is InChI=1S/C4H11FN2O/c1-6(4-3-5)7(2)8/h8H,3-4H2,1-2H3. The highest BCUT2D eigenvalue weighted by molar-refractivity contribution is 4.34. The first-order valence-corrected chi connectivity index (χ1v) is 2.38. The third-order valence-corrected chi connectivity index (χ3v) is 0.902. The van der Waals surface area contributed by atoms with E-state index in [1.54, 1.807) is 7.05 Å². The van der Waals surface area contributed by atoms with Gasteiger partial charge in [-0.25, -0.2) is 9.40 Å². The third kappa shape index (κ3) is 2.90. The molecular weight excluding hydrogens is 111 g/mol. The van der Waals surface area contributed by atoms with E-state index in [0.29, 0.717) is 0 Å². The summed E-state index contributed by atoms with van der Waals surface area (Å²) in [6, 6.07) is 0. The Balaban J connectivity index is 3.17. The second-order valence-corrected chi connectivity index (χ2v) is 1.56. The minimum atomic E-state index is -0.443. The van der Waals surface area contributed by atoms with E-state index in [1.165, 1.54) is 12.1 Å². The van der Waals surface area contributed by atoms with Gasteiger partial charge >= 0.3 is 0 Å². The van der Waals surface area contributed by atoms with Crippen LogP contribution in [0, 0.1) is 0 Å². The fourth-order valence-corrected chi connectivity index (χ4v) is 0.267. The molecule has 0 aliphatic rings. The van der Waals surface area contributed by atoms with Gasteiger partial charge in [0, 0.05) is 20.6 Å². The van der Waals surface area contributed by atoms with Crippen molar-refractivity contribution in [2.75, 3.05) is 27.3 Å². The van der Waals surface area contributed by atoms with Gasteiger partial charge in [0.05, 0.1) is 0 Å². The number of hydrogen-bond donors (Lipinski definition) is 1. The van der Waals surface area contributed by atoms with Crippen LogP contribution in [0.4, 0.5) is 4.39 Å². The smallest absolute Gasteiger partial charge is 0.104 e. The molecule has 0 aromatic carbocycles. The number of nitrogens with zero attached hydrogens (tertiary/aromatic N) is 2. The average molecular weight is 122 g/mol. The van der Waals surface area contributed by atoms with Gasteiger partial charge in [-0.15, -0.1) is 5.17 Å². The van der Waals surface area contributed by atoms with Crippen LogP contribution in [0.25, 0.3) is 0 Å². The van der Waals surface area contributed by atoms with Gasteiger partial charge in [-0.2, -0.15) is 0 Å². The van der Waals surface area contributed by atoms with Crippen molar-refractivity contribution in [1.82, 2.24) is 10.2 Å². The number of alkyl halides is 1. The summed E-state index contributed by atoms with van der Waals surface area (Å²) in [5, 5.41) is 10.8. The van der Waals surface area contributed by atoms with Crippen molar-refractivity contribution in [1.29, 1.82) is 0 Å². The van der Waals surface area contributed by atoms with Gasteiger partial charge in [0.1, 0.15) is 6.67 Å². The monoisotopic (exact) mass is 122 g/mol. The summed E-state index contributed by atoms with van der Waals surface area (Å²) in [5.41, 5.74) is 0. The van der Waals surface area contributed by atoms with E-state index in [4.69, 9.17) is 5.21 Å². The zero-order valence-electron chi connectivity index (χ0n) is 5.13. The lowest BCUT2D eigenvalue weighted by molar-refractivity contribution is -0.215. The van der Waals surface area contributed by atoms with Gasteiger partial charge in [-0.05, 0) is 0 Å². The third-order valence-electron chi connectivity index (χ3n) is 0.902. The fourth-order valence-electron chi connectivity index (χ4n) is 0.267. The minimum Gasteiger partial charge on any atom is -0.299 e. The van der Waals surface area contributed by atoms with Crippen molar-refractivity contribution in [3.8, 4) is 0 Å². The van der Waals surface area contributed by atoms with Crippen LogP contribution in [0.15, 0.2) is 0 Å². The quantitative estimate of drug-likeness (QED) is 0.539. The molecule has 0 spiro atoms. The molecule has 0 bridgehead atoms. The van der Waals surface area contributed by atoms with Gasteiger partial charge in [-0.3, -0.25) is 5.21 Å². The van der Waals surface area contributed by atoms with Crippen LogP contribution in [-0.4, -0.2) is 42.7 Å². The number of rotatable bonds is 3. The van der Waals surface area contributed by atoms with Crippen LogP contribution in [0.3, 0.4) is 0 Å². The van der Waals surface area contributed by atoms with Crippen molar-refractivity contribution in [3.05, 3.63) is 0 Å². The Labute approximate surface area is 48.2 Å². The minimum absolute atomic E-state index is 0.229. The Hall–Kier alpha value is -0.190. The number of hydroxylamine groups is 1. The van der Waals surface area contributed by atoms with Crippen LogP contribution in [0.5, 0.6) is 0 Å². The fraction of sp³-hybridized carbons (Fsp3) is 1.00. The normalized spacial score (nSPS) is 11.2. The van der Waals surface area contributed by atoms with E-state index in [1.807, 2.05) is 0 Å². The van der Waals surface area contributed by atoms with Crippen molar-refractivity contribution in [2.24, 2.45) is 0 Å². The molecule has 0 saturated heterocycles. The Morgan fingerprint density at radius 2 is 2.00 bits per heavy atom. The maximum absolute atomic E-state index is 11.4. The van der Waals surface area contributed by atoms with E-state index in [-0.39, 0.29) is 6.54 Å². The number of hydrogen-bond acceptors (Lipinski definition) is 3. The molecule has 0 amide bonds. The molecule has 50 valence electrons. The van der Waals surface area contributed by atoms with Gasteiger partial charge in [0.2, 0.25) is 0 Å². The Bertz CT molecular complexity index is 60.0. The molecule has 4 heteroatoms. The molecule has 0 saturated carbocycles. The largest absolute Gasteiger partial charge is 0.299 e. The summed E-state index contributed by atoms with van der Waals surface area (Å²) in [4.78, 5) is 0. The summed E-state index contributed by atoms with van der Waals surface area (Å²) < 4.78 is 11.4. The molecule has 1 N–H and O–H groups in total. The lowest BCUT2D eigenvalue weighted by Crippen LogP contribution is -2.35. The second kappa shape index (κ2) is 3.77. The molecule has 0 rings (SSSR count). The lowest BCUT2D eigenvalue weighted by Gasteiger charge is -2.19. The Morgan fingerprint density at radius 1 is 1.50 bits per heavy atom. The zero-order chi connectivity index (χ0) is 6.57. The number of halogens is 1. The van der Waals surface area contributed by atoms with E-state index in [9.17, 15) is 4.39 Å². The predicted molar refractivity (Wildman–Crippen MR) is 28.2 cm³/mol. The number of hydrazine groups is 1. The van der Waals surface area contributed by atoms with Gasteiger partial charge in [0.15, 0.2) is 0 Å². The van der Waals surface area contributed by atoms with Crippen molar-refractivity contribution >= 4 is 0 Å². The van der Waals surface area contributed by atoms with Crippen molar-refractivity contribution in [3.63, 3.8) is 0 Å². The van der Waals surface area contributed by atoms with E-state index >= 15 is 0 Å². The summed E-state index contributed by atoms with van der Waals surface area (Å²) in [7, 11) is 3.04. The Morgan fingerprint density at radius 3 is 2.12 bits per heavy atom. The molecule has 0 radical (unpaired) electrons. The van der Waals surface area contributed by atoms with E-state index in [2.05, 4.69) is 0 Å². The first-order valence-electron chi connectivity index (χ1n) is 2.38. The molecule has 3 nitrogen and oxygen atoms in total. The molecule has 0 atom stereocenters. The van der Waals surface area contributed by atoms with Crippen molar-refractivity contribution in [2.45, 2.75) is 0 Å². The maximum Gasteiger partial charge on any atom is 0.104 e. The van der Waals surface area contributed by atoms with Crippen LogP contribution in [0.1, 0.15) is 0 Å². The highest BCUT2D eigenvalue weighted by atomic mass is 19.1. The van der Waals surface area contributed by atoms with Gasteiger partial charge in [0.25, 0.3) is 0 Å². The SMILES string of the molecule is CN(O)N(C)CCF. The summed E-state index contributed by atoms with van der Waals surface area (Å²) in [6.45, 7) is -0.214. The van der Waals surface area contributed by atoms with Crippen molar-refractivity contribution < 1.29 is 9.60 Å². The van der Waals surface area contributed by atoms with Crippen LogP contribution >= 0.6 is 0 Å². The molecule has 0 aliphatic carbocycles. The maximum atomic E-state index is 11.4. The first-order chi connectivity index (χ1) is 3.68.